The summed E-state index contributed by atoms with van der Waals surface area (Å²) in [4.78, 5) is 22.1. The molecule has 1 aromatic carbocycles. The van der Waals surface area contributed by atoms with Crippen LogP contribution >= 0.6 is 34.7 Å². The summed E-state index contributed by atoms with van der Waals surface area (Å²) in [7, 11) is 0. The molecular weight excluding hydrogens is 466 g/mol. The molecule has 1 N–H and O–H groups in total. The zero-order chi connectivity index (χ0) is 22.2. The lowest BCUT2D eigenvalue weighted by Gasteiger charge is -2.14. The van der Waals surface area contributed by atoms with Crippen molar-refractivity contribution in [2.75, 3.05) is 6.61 Å². The van der Waals surface area contributed by atoms with Gasteiger partial charge in [-0.1, -0.05) is 23.4 Å². The average Bonchev–Trinajstić information content (AvgIpc) is 3.49. The number of aromatic amines is 1. The number of fused-ring (bicyclic) bond motifs is 1. The molecule has 0 unspecified atom stereocenters. The molecule has 4 heterocycles. The minimum absolute atomic E-state index is 0.0878. The number of ether oxygens (including phenoxy) is 1. The fraction of sp³-hybridized carbons (Fsp3) is 0.364. The number of thiophene rings is 1. The molecule has 1 atom stereocenters. The van der Waals surface area contributed by atoms with Gasteiger partial charge in [0, 0.05) is 22.1 Å². The zero-order valence-electron chi connectivity index (χ0n) is 17.7. The lowest BCUT2D eigenvalue weighted by molar-refractivity contribution is 0.0953. The van der Waals surface area contributed by atoms with Gasteiger partial charge in [-0.05, 0) is 56.5 Å². The number of hydrogen-bond donors (Lipinski definition) is 1. The normalized spacial score (nSPS) is 16.3. The van der Waals surface area contributed by atoms with E-state index in [1.165, 1.54) is 11.8 Å². The van der Waals surface area contributed by atoms with Crippen LogP contribution in [0.2, 0.25) is 5.02 Å². The maximum absolute atomic E-state index is 12.6. The van der Waals surface area contributed by atoms with Gasteiger partial charge in [0.25, 0.3) is 5.56 Å². The van der Waals surface area contributed by atoms with E-state index in [4.69, 9.17) is 16.3 Å². The fourth-order valence-corrected chi connectivity index (χ4v) is 5.86. The van der Waals surface area contributed by atoms with Crippen molar-refractivity contribution in [2.45, 2.75) is 50.2 Å². The first kappa shape index (κ1) is 21.6. The topological polar surface area (TPSA) is 85.7 Å². The first-order valence-electron chi connectivity index (χ1n) is 10.4. The summed E-state index contributed by atoms with van der Waals surface area (Å²) in [5.74, 6) is 1.90. The second-order valence-electron chi connectivity index (χ2n) is 7.82. The summed E-state index contributed by atoms with van der Waals surface area (Å²) in [6.07, 6.45) is 2.23. The third-order valence-corrected chi connectivity index (χ3v) is 7.99. The Bertz CT molecular complexity index is 1320. The van der Waals surface area contributed by atoms with Gasteiger partial charge in [0.05, 0.1) is 23.8 Å². The van der Waals surface area contributed by atoms with Gasteiger partial charge in [0.1, 0.15) is 10.7 Å². The van der Waals surface area contributed by atoms with Crippen molar-refractivity contribution in [2.24, 2.45) is 0 Å². The maximum atomic E-state index is 12.6. The van der Waals surface area contributed by atoms with E-state index in [1.54, 1.807) is 11.3 Å². The number of hydrogen-bond acceptors (Lipinski definition) is 7. The third-order valence-electron chi connectivity index (χ3n) is 5.66. The molecule has 32 heavy (non-hydrogen) atoms. The minimum Gasteiger partial charge on any atom is -0.376 e. The molecule has 3 aromatic heterocycles. The Labute approximate surface area is 198 Å². The monoisotopic (exact) mass is 487 g/mol. The summed E-state index contributed by atoms with van der Waals surface area (Å²) in [5.41, 5.74) is 1.86. The highest BCUT2D eigenvalue weighted by Gasteiger charge is 2.22. The summed E-state index contributed by atoms with van der Waals surface area (Å²) in [5, 5.41) is 11.0. The maximum Gasteiger partial charge on any atom is 0.259 e. The quantitative estimate of drug-likeness (QED) is 0.386. The summed E-state index contributed by atoms with van der Waals surface area (Å²) in [6.45, 7) is 5.45. The van der Waals surface area contributed by atoms with Gasteiger partial charge in [-0.15, -0.1) is 21.5 Å². The van der Waals surface area contributed by atoms with Gasteiger partial charge >= 0.3 is 0 Å². The van der Waals surface area contributed by atoms with Gasteiger partial charge in [0.2, 0.25) is 0 Å². The van der Waals surface area contributed by atoms with E-state index in [9.17, 15) is 4.79 Å². The van der Waals surface area contributed by atoms with Crippen LogP contribution in [0.15, 0.2) is 34.2 Å². The molecule has 10 heteroatoms. The molecule has 1 aliphatic rings. The van der Waals surface area contributed by atoms with E-state index in [1.807, 2.05) is 38.1 Å². The van der Waals surface area contributed by atoms with E-state index in [-0.39, 0.29) is 11.7 Å². The van der Waals surface area contributed by atoms with Crippen LogP contribution in [-0.4, -0.2) is 37.4 Å². The smallest absolute Gasteiger partial charge is 0.259 e. The second kappa shape index (κ2) is 8.97. The van der Waals surface area contributed by atoms with E-state index in [0.717, 1.165) is 51.3 Å². The number of rotatable bonds is 6. The highest BCUT2D eigenvalue weighted by molar-refractivity contribution is 7.98. The van der Waals surface area contributed by atoms with E-state index in [0.29, 0.717) is 28.5 Å². The van der Waals surface area contributed by atoms with Crippen molar-refractivity contribution < 1.29 is 4.74 Å². The van der Waals surface area contributed by atoms with Crippen molar-refractivity contribution in [1.82, 2.24) is 24.7 Å². The molecule has 166 valence electrons. The zero-order valence-corrected chi connectivity index (χ0v) is 20.1. The average molecular weight is 488 g/mol. The van der Waals surface area contributed by atoms with Crippen molar-refractivity contribution in [3.8, 4) is 11.4 Å². The molecule has 0 spiro atoms. The molecule has 5 rings (SSSR count). The minimum atomic E-state index is -0.0878. The largest absolute Gasteiger partial charge is 0.376 e. The van der Waals surface area contributed by atoms with Crippen molar-refractivity contribution >= 4 is 44.9 Å². The predicted octanol–water partition coefficient (Wildman–Crippen LogP) is 4.98. The molecule has 1 aliphatic heterocycles. The number of thioether (sulfide) groups is 1. The number of aromatic nitrogens is 5. The van der Waals surface area contributed by atoms with Crippen LogP contribution in [0.4, 0.5) is 0 Å². The highest BCUT2D eigenvalue weighted by atomic mass is 35.5. The van der Waals surface area contributed by atoms with Gasteiger partial charge < -0.3 is 9.72 Å². The number of nitrogens with zero attached hydrogens (tertiary/aromatic N) is 4. The van der Waals surface area contributed by atoms with Crippen LogP contribution in [0.1, 0.15) is 29.1 Å². The Morgan fingerprint density at radius 1 is 1.28 bits per heavy atom. The first-order valence-corrected chi connectivity index (χ1v) is 12.6. The molecular formula is C22H22ClN5O2S2. The van der Waals surface area contributed by atoms with Crippen molar-refractivity contribution in [3.05, 3.63) is 55.9 Å². The molecule has 1 fully saturated rings. The van der Waals surface area contributed by atoms with E-state index >= 15 is 0 Å². The van der Waals surface area contributed by atoms with Crippen LogP contribution in [0.25, 0.3) is 21.6 Å². The third kappa shape index (κ3) is 4.22. The molecule has 1 saturated heterocycles. The lowest BCUT2D eigenvalue weighted by atomic mass is 10.2. The Hall–Kier alpha value is -2.20. The SMILES string of the molecule is Cc1sc2nc(CSc3nnc(-c4ccc(Cl)cc4)n3C[C@H]3CCCO3)[nH]c(=O)c2c1C. The van der Waals surface area contributed by atoms with Gasteiger partial charge in [-0.2, -0.15) is 0 Å². The van der Waals surface area contributed by atoms with E-state index in [2.05, 4.69) is 24.7 Å². The summed E-state index contributed by atoms with van der Waals surface area (Å²) in [6, 6.07) is 7.59. The number of nitrogens with one attached hydrogen (secondary N) is 1. The Morgan fingerprint density at radius 2 is 2.09 bits per heavy atom. The molecule has 0 saturated carbocycles. The Kier molecular flexibility index (Phi) is 6.07. The van der Waals surface area contributed by atoms with Crippen LogP contribution in [0.5, 0.6) is 0 Å². The van der Waals surface area contributed by atoms with Crippen molar-refractivity contribution in [3.63, 3.8) is 0 Å². The number of halogens is 1. The fourth-order valence-electron chi connectivity index (χ4n) is 3.87. The highest BCUT2D eigenvalue weighted by Crippen LogP contribution is 2.30. The standard InChI is InChI=1S/C22H22ClN5O2S2/c1-12-13(2)32-21-18(12)20(29)24-17(25-21)11-31-22-27-26-19(14-5-7-15(23)8-6-14)28(22)10-16-4-3-9-30-16/h5-8,16H,3-4,9-11H2,1-2H3,(H,24,25,29)/t16-/m1/s1. The molecule has 0 amide bonds. The van der Waals surface area contributed by atoms with Gasteiger partial charge in [-0.25, -0.2) is 4.98 Å². The van der Waals surface area contributed by atoms with Gasteiger partial charge in [-0.3, -0.25) is 9.36 Å². The molecule has 0 aliphatic carbocycles. The molecule has 0 radical (unpaired) electrons. The Balaban J connectivity index is 1.44. The van der Waals surface area contributed by atoms with Crippen LogP contribution < -0.4 is 5.56 Å². The predicted molar refractivity (Wildman–Crippen MR) is 129 cm³/mol. The Morgan fingerprint density at radius 3 is 2.84 bits per heavy atom. The van der Waals surface area contributed by atoms with Crippen LogP contribution in [0, 0.1) is 13.8 Å². The van der Waals surface area contributed by atoms with Gasteiger partial charge in [0.15, 0.2) is 11.0 Å². The molecule has 7 nitrogen and oxygen atoms in total. The molecule has 4 aromatic rings. The van der Waals surface area contributed by atoms with Crippen LogP contribution in [0.3, 0.4) is 0 Å². The summed E-state index contributed by atoms with van der Waals surface area (Å²) < 4.78 is 7.96. The molecule has 0 bridgehead atoms. The second-order valence-corrected chi connectivity index (χ2v) is 10.4. The van der Waals surface area contributed by atoms with Crippen LogP contribution in [-0.2, 0) is 17.0 Å². The number of H-pyrrole nitrogens is 1. The number of benzene rings is 1. The summed E-state index contributed by atoms with van der Waals surface area (Å²) >= 11 is 9.13. The first-order chi connectivity index (χ1) is 15.5. The van der Waals surface area contributed by atoms with E-state index < -0.39 is 0 Å². The number of aryl methyl sites for hydroxylation is 2. The van der Waals surface area contributed by atoms with Crippen molar-refractivity contribution in [1.29, 1.82) is 0 Å². The lowest BCUT2D eigenvalue weighted by Crippen LogP contribution is -2.17.